The number of amides is 1. The van der Waals surface area contributed by atoms with Crippen LogP contribution in [0.4, 0.5) is 5.69 Å². The van der Waals surface area contributed by atoms with E-state index in [9.17, 15) is 14.7 Å². The second-order valence-electron chi connectivity index (χ2n) is 7.57. The molecule has 1 amide bonds. The summed E-state index contributed by atoms with van der Waals surface area (Å²) < 4.78 is 10.7. The van der Waals surface area contributed by atoms with E-state index in [1.807, 2.05) is 43.0 Å². The van der Waals surface area contributed by atoms with Crippen LogP contribution >= 0.6 is 0 Å². The molecule has 0 bridgehead atoms. The van der Waals surface area contributed by atoms with Crippen LogP contribution in [0, 0.1) is 13.8 Å². The van der Waals surface area contributed by atoms with Crippen molar-refractivity contribution in [2.45, 2.75) is 32.7 Å². The minimum absolute atomic E-state index is 0. The second-order valence-corrected chi connectivity index (χ2v) is 7.57. The number of benzene rings is 2. The first-order chi connectivity index (χ1) is 14.3. The van der Waals surface area contributed by atoms with Crippen molar-refractivity contribution in [3.8, 4) is 11.5 Å². The van der Waals surface area contributed by atoms with Gasteiger partial charge in [-0.15, -0.1) is 0 Å². The molecule has 8 heteroatoms. The number of methoxy groups -OCH3 is 2. The number of carbonyl (C=O) groups excluding carboxylic acids is 2. The molecule has 0 aromatic heterocycles. The number of carboxylic acid groups (broad SMARTS) is 1. The van der Waals surface area contributed by atoms with E-state index >= 15 is 0 Å². The molecule has 0 saturated carbocycles. The van der Waals surface area contributed by atoms with Gasteiger partial charge in [-0.25, -0.2) is 0 Å². The molecule has 1 N–H and O–H groups in total. The molecule has 1 heterocycles. The summed E-state index contributed by atoms with van der Waals surface area (Å²) in [5.74, 6) is -0.224. The van der Waals surface area contributed by atoms with Gasteiger partial charge >= 0.3 is 29.6 Å². The van der Waals surface area contributed by atoms with Crippen molar-refractivity contribution in [1.29, 1.82) is 0 Å². The Kier molecular flexibility index (Phi) is 8.94. The molecule has 2 aromatic carbocycles. The standard InChI is InChI=1S/C23H28N2O5.Na/c1-14-5-6-17(9-15(14)2)24-22(26)13-25-8-7-16-10-20(29-3)21(30-4)11-18(16)19(25)12-23(27)28;/h5-6,9-11,19H,7-8,12-13H2,1-4H3,(H,24,26)(H,27,28);/q;+1/p-1. The predicted octanol–water partition coefficient (Wildman–Crippen LogP) is -0.997. The largest absolute Gasteiger partial charge is 1.00 e. The van der Waals surface area contributed by atoms with Crippen LogP contribution in [0.25, 0.3) is 0 Å². The summed E-state index contributed by atoms with van der Waals surface area (Å²) in [6.07, 6.45) is 0.468. The summed E-state index contributed by atoms with van der Waals surface area (Å²) in [5, 5.41) is 14.4. The first-order valence-electron chi connectivity index (χ1n) is 9.88. The Balaban J connectivity index is 0.00000341. The molecule has 0 fully saturated rings. The maximum absolute atomic E-state index is 12.7. The molecule has 160 valence electrons. The fraction of sp³-hybridized carbons (Fsp3) is 0.391. The average molecular weight is 434 g/mol. The first kappa shape index (κ1) is 25.2. The fourth-order valence-corrected chi connectivity index (χ4v) is 3.87. The van der Waals surface area contributed by atoms with E-state index in [2.05, 4.69) is 5.32 Å². The summed E-state index contributed by atoms with van der Waals surface area (Å²) >= 11 is 0. The van der Waals surface area contributed by atoms with Crippen molar-refractivity contribution < 1.29 is 53.7 Å². The zero-order chi connectivity index (χ0) is 21.8. The maximum Gasteiger partial charge on any atom is 1.00 e. The molecule has 31 heavy (non-hydrogen) atoms. The van der Waals surface area contributed by atoms with Crippen LogP contribution in [0.1, 0.15) is 34.7 Å². The zero-order valence-electron chi connectivity index (χ0n) is 18.8. The Bertz CT molecular complexity index is 963. The number of nitrogens with zero attached hydrogens (tertiary/aromatic N) is 1. The number of hydrogen-bond donors (Lipinski definition) is 1. The number of nitrogens with one attached hydrogen (secondary N) is 1. The van der Waals surface area contributed by atoms with Crippen LogP contribution in [0.5, 0.6) is 11.5 Å². The predicted molar refractivity (Wildman–Crippen MR) is 112 cm³/mol. The van der Waals surface area contributed by atoms with E-state index in [0.717, 1.165) is 27.9 Å². The number of rotatable bonds is 7. The van der Waals surface area contributed by atoms with Gasteiger partial charge in [0, 0.05) is 30.7 Å². The van der Waals surface area contributed by atoms with E-state index < -0.39 is 12.0 Å². The molecule has 0 aliphatic carbocycles. The Morgan fingerprint density at radius 1 is 1.10 bits per heavy atom. The Hall–Kier alpha value is -2.06. The number of ether oxygens (including phenoxy) is 2. The Morgan fingerprint density at radius 2 is 1.77 bits per heavy atom. The number of hydrogen-bond acceptors (Lipinski definition) is 6. The van der Waals surface area contributed by atoms with Gasteiger partial charge in [-0.05, 0) is 66.8 Å². The fourth-order valence-electron chi connectivity index (χ4n) is 3.87. The second kappa shape index (κ2) is 11.0. The van der Waals surface area contributed by atoms with Gasteiger partial charge in [0.25, 0.3) is 0 Å². The topological polar surface area (TPSA) is 90.9 Å². The molecule has 0 radical (unpaired) electrons. The monoisotopic (exact) mass is 434 g/mol. The van der Waals surface area contributed by atoms with Crippen LogP contribution in [0.3, 0.4) is 0 Å². The normalized spacial score (nSPS) is 15.4. The van der Waals surface area contributed by atoms with Gasteiger partial charge in [0.1, 0.15) is 0 Å². The van der Waals surface area contributed by atoms with Crippen molar-refractivity contribution in [2.24, 2.45) is 0 Å². The Morgan fingerprint density at radius 3 is 2.39 bits per heavy atom. The third-order valence-electron chi connectivity index (χ3n) is 5.61. The van der Waals surface area contributed by atoms with Gasteiger partial charge in [0.15, 0.2) is 11.5 Å². The van der Waals surface area contributed by atoms with Crippen molar-refractivity contribution in [3.05, 3.63) is 52.6 Å². The minimum atomic E-state index is -1.16. The summed E-state index contributed by atoms with van der Waals surface area (Å²) in [5.41, 5.74) is 4.78. The number of aryl methyl sites for hydroxylation is 2. The van der Waals surface area contributed by atoms with Gasteiger partial charge in [-0.2, -0.15) is 0 Å². The molecule has 2 aromatic rings. The number of carbonyl (C=O) groups is 2. The van der Waals surface area contributed by atoms with Gasteiger partial charge < -0.3 is 24.7 Å². The number of carboxylic acids is 1. The quantitative estimate of drug-likeness (QED) is 0.563. The van der Waals surface area contributed by atoms with Crippen LogP contribution in [0.2, 0.25) is 0 Å². The van der Waals surface area contributed by atoms with Gasteiger partial charge in [0.05, 0.1) is 20.8 Å². The van der Waals surface area contributed by atoms with Gasteiger partial charge in [0.2, 0.25) is 5.91 Å². The smallest absolute Gasteiger partial charge is 0.550 e. The molecular formula is C23H27N2NaO5. The van der Waals surface area contributed by atoms with E-state index in [1.165, 1.54) is 7.11 Å². The van der Waals surface area contributed by atoms with E-state index in [1.54, 1.807) is 13.2 Å². The van der Waals surface area contributed by atoms with E-state index in [4.69, 9.17) is 9.47 Å². The van der Waals surface area contributed by atoms with E-state index in [-0.39, 0.29) is 48.4 Å². The average Bonchev–Trinajstić information content (AvgIpc) is 2.71. The molecule has 7 nitrogen and oxygen atoms in total. The molecule has 1 aliphatic heterocycles. The molecule has 1 unspecified atom stereocenters. The van der Waals surface area contributed by atoms with Crippen LogP contribution in [-0.2, 0) is 16.0 Å². The molecule has 0 saturated heterocycles. The summed E-state index contributed by atoms with van der Waals surface area (Å²) in [4.78, 5) is 26.0. The minimum Gasteiger partial charge on any atom is -0.550 e. The van der Waals surface area contributed by atoms with Gasteiger partial charge in [-0.1, -0.05) is 6.07 Å². The van der Waals surface area contributed by atoms with Crippen LogP contribution in [-0.4, -0.2) is 44.1 Å². The number of anilines is 1. The molecular weight excluding hydrogens is 407 g/mol. The summed E-state index contributed by atoms with van der Waals surface area (Å²) in [6.45, 7) is 4.64. The van der Waals surface area contributed by atoms with Crippen molar-refractivity contribution in [2.75, 3.05) is 32.6 Å². The zero-order valence-corrected chi connectivity index (χ0v) is 20.8. The number of fused-ring (bicyclic) bond motifs is 1. The van der Waals surface area contributed by atoms with Gasteiger partial charge in [-0.3, -0.25) is 9.69 Å². The van der Waals surface area contributed by atoms with Crippen molar-refractivity contribution in [3.63, 3.8) is 0 Å². The molecule has 1 atom stereocenters. The SMILES string of the molecule is COc1cc2c(cc1OC)C(CC(=O)[O-])N(CC(=O)Nc1ccc(C)c(C)c1)CC2.[Na+]. The van der Waals surface area contributed by atoms with Crippen LogP contribution in [0.15, 0.2) is 30.3 Å². The summed E-state index contributed by atoms with van der Waals surface area (Å²) in [7, 11) is 3.10. The molecule has 1 aliphatic rings. The molecule has 0 spiro atoms. The van der Waals surface area contributed by atoms with Crippen LogP contribution < -0.4 is 49.5 Å². The third kappa shape index (κ3) is 6.01. The summed E-state index contributed by atoms with van der Waals surface area (Å²) in [6, 6.07) is 8.94. The van der Waals surface area contributed by atoms with Crippen molar-refractivity contribution >= 4 is 17.6 Å². The van der Waals surface area contributed by atoms with E-state index in [0.29, 0.717) is 24.5 Å². The number of aliphatic carboxylic acids is 1. The molecule has 3 rings (SSSR count). The third-order valence-corrected chi connectivity index (χ3v) is 5.61. The van der Waals surface area contributed by atoms with Crippen molar-refractivity contribution in [1.82, 2.24) is 4.90 Å². The maximum atomic E-state index is 12.7. The Labute approximate surface area is 205 Å². The first-order valence-corrected chi connectivity index (χ1v) is 9.88.